The van der Waals surface area contributed by atoms with Gasteiger partial charge in [-0.3, -0.25) is 9.59 Å². The number of pyridine rings is 1. The molecule has 0 aliphatic carbocycles. The fourth-order valence-electron chi connectivity index (χ4n) is 2.42. The molecule has 0 fully saturated rings. The predicted molar refractivity (Wildman–Crippen MR) is 99.2 cm³/mol. The lowest BCUT2D eigenvalue weighted by molar-refractivity contribution is -0.684. The van der Waals surface area contributed by atoms with Crippen LogP contribution in [0.2, 0.25) is 0 Å². The molecule has 1 heterocycles. The van der Waals surface area contributed by atoms with Gasteiger partial charge in [0, 0.05) is 27.7 Å². The summed E-state index contributed by atoms with van der Waals surface area (Å²) < 4.78 is 16.0. The van der Waals surface area contributed by atoms with Gasteiger partial charge in [-0.2, -0.15) is 4.57 Å². The Labute approximate surface area is 158 Å². The molecule has 0 aliphatic rings. The topological polar surface area (TPSA) is 50.0 Å². The lowest BCUT2D eigenvalue weighted by Gasteiger charge is -2.05. The second kappa shape index (κ2) is 8.01. The number of carbonyl (C=O) groups is 2. The van der Waals surface area contributed by atoms with Crippen LogP contribution in [0.15, 0.2) is 77.5 Å². The van der Waals surface area contributed by atoms with E-state index in [1.807, 2.05) is 18.2 Å². The van der Waals surface area contributed by atoms with Crippen LogP contribution >= 0.6 is 15.9 Å². The Balaban J connectivity index is 1.65. The van der Waals surface area contributed by atoms with Crippen molar-refractivity contribution in [2.24, 2.45) is 0 Å². The van der Waals surface area contributed by atoms with Crippen molar-refractivity contribution in [3.8, 4) is 0 Å². The minimum atomic E-state index is -0.512. The SMILES string of the molecule is O=C(C[n+]1ccc(C(=O)c2ccccc2)cc1)Nc1ccc(Br)cc1F. The van der Waals surface area contributed by atoms with Crippen molar-refractivity contribution in [3.05, 3.63) is 94.5 Å². The van der Waals surface area contributed by atoms with Gasteiger partial charge in [0.1, 0.15) is 5.82 Å². The van der Waals surface area contributed by atoms with Gasteiger partial charge in [0.2, 0.25) is 6.54 Å². The standard InChI is InChI=1S/C20H14BrFN2O2/c21-16-6-7-18(17(22)12-16)23-19(25)13-24-10-8-15(9-11-24)20(26)14-4-2-1-3-5-14/h1-12H,13H2/p+1. The van der Waals surface area contributed by atoms with Crippen LogP contribution in [0.3, 0.4) is 0 Å². The van der Waals surface area contributed by atoms with Gasteiger partial charge in [0.25, 0.3) is 5.91 Å². The number of anilines is 1. The van der Waals surface area contributed by atoms with Crippen molar-refractivity contribution in [2.75, 3.05) is 5.32 Å². The lowest BCUT2D eigenvalue weighted by Crippen LogP contribution is -2.39. The van der Waals surface area contributed by atoms with Crippen LogP contribution < -0.4 is 9.88 Å². The van der Waals surface area contributed by atoms with E-state index >= 15 is 0 Å². The average Bonchev–Trinajstić information content (AvgIpc) is 2.65. The Morgan fingerprint density at radius 3 is 2.27 bits per heavy atom. The van der Waals surface area contributed by atoms with Crippen LogP contribution in [-0.4, -0.2) is 11.7 Å². The largest absolute Gasteiger partial charge is 0.318 e. The zero-order chi connectivity index (χ0) is 18.5. The van der Waals surface area contributed by atoms with Crippen molar-refractivity contribution in [1.82, 2.24) is 0 Å². The third kappa shape index (κ3) is 4.40. The number of nitrogens with one attached hydrogen (secondary N) is 1. The summed E-state index contributed by atoms with van der Waals surface area (Å²) in [6.45, 7) is 0.00924. The third-order valence-corrected chi connectivity index (χ3v) is 4.21. The fraction of sp³-hybridized carbons (Fsp3) is 0.0500. The number of nitrogens with zero attached hydrogens (tertiary/aromatic N) is 1. The van der Waals surface area contributed by atoms with Crippen LogP contribution in [0, 0.1) is 5.82 Å². The number of hydrogen-bond donors (Lipinski definition) is 1. The molecule has 1 aromatic heterocycles. The van der Waals surface area contributed by atoms with Crippen molar-refractivity contribution < 1.29 is 18.5 Å². The second-order valence-corrected chi connectivity index (χ2v) is 6.54. The van der Waals surface area contributed by atoms with E-state index in [1.54, 1.807) is 47.3 Å². The van der Waals surface area contributed by atoms with Crippen LogP contribution in [0.5, 0.6) is 0 Å². The molecule has 0 saturated carbocycles. The molecule has 0 atom stereocenters. The van der Waals surface area contributed by atoms with Crippen molar-refractivity contribution in [3.63, 3.8) is 0 Å². The second-order valence-electron chi connectivity index (χ2n) is 5.63. The summed E-state index contributed by atoms with van der Waals surface area (Å²) >= 11 is 3.17. The predicted octanol–water partition coefficient (Wildman–Crippen LogP) is 3.75. The highest BCUT2D eigenvalue weighted by atomic mass is 79.9. The summed E-state index contributed by atoms with van der Waals surface area (Å²) in [5, 5.41) is 2.53. The molecule has 3 rings (SSSR count). The van der Waals surface area contributed by atoms with Crippen molar-refractivity contribution >= 4 is 33.3 Å². The molecule has 0 spiro atoms. The summed E-state index contributed by atoms with van der Waals surface area (Å²) in [6.07, 6.45) is 3.29. The molecule has 0 radical (unpaired) electrons. The summed E-state index contributed by atoms with van der Waals surface area (Å²) in [6, 6.07) is 16.7. The Morgan fingerprint density at radius 1 is 0.962 bits per heavy atom. The molecular formula is C20H15BrFN2O2+. The van der Waals surface area contributed by atoms with Gasteiger partial charge in [0.15, 0.2) is 18.2 Å². The van der Waals surface area contributed by atoms with Gasteiger partial charge in [-0.1, -0.05) is 46.3 Å². The summed E-state index contributed by atoms with van der Waals surface area (Å²) in [5.74, 6) is -0.959. The first-order chi connectivity index (χ1) is 12.5. The first-order valence-electron chi connectivity index (χ1n) is 7.87. The molecule has 0 unspecified atom stereocenters. The normalized spacial score (nSPS) is 10.4. The Morgan fingerprint density at radius 2 is 1.62 bits per heavy atom. The number of carbonyl (C=O) groups excluding carboxylic acids is 2. The van der Waals surface area contributed by atoms with Gasteiger partial charge < -0.3 is 5.32 Å². The van der Waals surface area contributed by atoms with E-state index < -0.39 is 5.82 Å². The van der Waals surface area contributed by atoms with E-state index in [2.05, 4.69) is 21.2 Å². The Hall–Kier alpha value is -2.86. The number of aromatic nitrogens is 1. The van der Waals surface area contributed by atoms with E-state index in [0.717, 1.165) is 0 Å². The number of benzene rings is 2. The molecule has 6 heteroatoms. The fourth-order valence-corrected chi connectivity index (χ4v) is 2.75. The highest BCUT2D eigenvalue weighted by Gasteiger charge is 2.14. The zero-order valence-electron chi connectivity index (χ0n) is 13.7. The van der Waals surface area contributed by atoms with Crippen LogP contribution in [-0.2, 0) is 11.3 Å². The minimum absolute atomic E-state index is 0.00924. The van der Waals surface area contributed by atoms with Gasteiger partial charge in [0.05, 0.1) is 5.69 Å². The number of rotatable bonds is 5. The number of amides is 1. The molecule has 0 aliphatic heterocycles. The quantitative estimate of drug-likeness (QED) is 0.511. The number of ketones is 1. The Bertz CT molecular complexity index is 944. The lowest BCUT2D eigenvalue weighted by atomic mass is 10.0. The molecule has 2 aromatic carbocycles. The third-order valence-electron chi connectivity index (χ3n) is 3.72. The molecule has 0 bridgehead atoms. The highest BCUT2D eigenvalue weighted by molar-refractivity contribution is 9.10. The minimum Gasteiger partial charge on any atom is -0.318 e. The molecule has 3 aromatic rings. The van der Waals surface area contributed by atoms with Crippen LogP contribution in [0.1, 0.15) is 15.9 Å². The van der Waals surface area contributed by atoms with Crippen LogP contribution in [0.25, 0.3) is 0 Å². The molecule has 26 heavy (non-hydrogen) atoms. The van der Waals surface area contributed by atoms with E-state index in [0.29, 0.717) is 15.6 Å². The van der Waals surface area contributed by atoms with E-state index in [-0.39, 0.29) is 23.9 Å². The van der Waals surface area contributed by atoms with Gasteiger partial charge >= 0.3 is 0 Å². The average molecular weight is 414 g/mol. The van der Waals surface area contributed by atoms with Gasteiger partial charge in [-0.15, -0.1) is 0 Å². The highest BCUT2D eigenvalue weighted by Crippen LogP contribution is 2.19. The number of halogens is 2. The zero-order valence-corrected chi connectivity index (χ0v) is 15.2. The molecule has 0 saturated heterocycles. The molecule has 1 N–H and O–H groups in total. The summed E-state index contributed by atoms with van der Waals surface area (Å²) in [5.41, 5.74) is 1.26. The molecular weight excluding hydrogens is 399 g/mol. The summed E-state index contributed by atoms with van der Waals surface area (Å²) in [7, 11) is 0. The van der Waals surface area contributed by atoms with E-state index in [9.17, 15) is 14.0 Å². The first-order valence-corrected chi connectivity index (χ1v) is 8.66. The molecule has 1 amide bonds. The molecule has 130 valence electrons. The monoisotopic (exact) mass is 413 g/mol. The number of hydrogen-bond acceptors (Lipinski definition) is 2. The van der Waals surface area contributed by atoms with Gasteiger partial charge in [-0.05, 0) is 18.2 Å². The van der Waals surface area contributed by atoms with Crippen molar-refractivity contribution in [2.45, 2.75) is 6.54 Å². The first kappa shape index (κ1) is 17.9. The Kier molecular flexibility index (Phi) is 5.53. The maximum atomic E-state index is 13.8. The van der Waals surface area contributed by atoms with Crippen LogP contribution in [0.4, 0.5) is 10.1 Å². The van der Waals surface area contributed by atoms with E-state index in [1.165, 1.54) is 12.1 Å². The smallest absolute Gasteiger partial charge is 0.290 e. The van der Waals surface area contributed by atoms with Gasteiger partial charge in [-0.25, -0.2) is 4.39 Å². The maximum absolute atomic E-state index is 13.8. The summed E-state index contributed by atoms with van der Waals surface area (Å²) in [4.78, 5) is 24.4. The maximum Gasteiger partial charge on any atom is 0.290 e. The van der Waals surface area contributed by atoms with Crippen molar-refractivity contribution in [1.29, 1.82) is 0 Å². The molecule has 4 nitrogen and oxygen atoms in total. The van der Waals surface area contributed by atoms with E-state index in [4.69, 9.17) is 0 Å².